The molecule has 0 bridgehead atoms. The summed E-state index contributed by atoms with van der Waals surface area (Å²) in [5.74, 6) is -0.439. The Morgan fingerprint density at radius 2 is 1.74 bits per heavy atom. The van der Waals surface area contributed by atoms with Crippen molar-refractivity contribution in [1.29, 1.82) is 0 Å². The Morgan fingerprint density at radius 1 is 1.02 bits per heavy atom. The molecule has 1 N–H and O–H groups in total. The Morgan fingerprint density at radius 3 is 2.44 bits per heavy atom. The number of pyridine rings is 3. The summed E-state index contributed by atoms with van der Waals surface area (Å²) in [4.78, 5) is 31.5. The number of aromatic nitrogens is 4. The number of hydrogen-bond acceptors (Lipinski definition) is 8. The molecule has 6 heterocycles. The SMILES string of the molecule is Cc1nc2c(cc(-c3ccnc(N4CCN(c5ccncc5)CC4)c3)n2C)c(-c2cc(F)c3c(c2C)CCCO3)c1[C@H](OC(C)(C)C)C(=O)O. The molecule has 0 saturated carbocycles. The lowest BCUT2D eigenvalue weighted by Crippen LogP contribution is -2.46. The molecule has 1 aromatic carbocycles. The lowest BCUT2D eigenvalue weighted by Gasteiger charge is -2.36. The Kier molecular flexibility index (Phi) is 8.71. The molecule has 0 spiro atoms. The van der Waals surface area contributed by atoms with Gasteiger partial charge in [-0.1, -0.05) is 0 Å². The maximum Gasteiger partial charge on any atom is 0.337 e. The molecule has 1 fully saturated rings. The van der Waals surface area contributed by atoms with Gasteiger partial charge in [0, 0.05) is 90.8 Å². The van der Waals surface area contributed by atoms with E-state index >= 15 is 4.39 Å². The van der Waals surface area contributed by atoms with Crippen molar-refractivity contribution in [2.24, 2.45) is 7.05 Å². The van der Waals surface area contributed by atoms with E-state index < -0.39 is 23.5 Å². The lowest BCUT2D eigenvalue weighted by atomic mass is 9.86. The van der Waals surface area contributed by atoms with Crippen molar-refractivity contribution in [1.82, 2.24) is 19.5 Å². The minimum Gasteiger partial charge on any atom is -0.490 e. The number of aryl methyl sites for hydroxylation is 2. The first-order valence-corrected chi connectivity index (χ1v) is 17.1. The molecule has 0 amide bonds. The molecular formula is C39H43FN6O4. The minimum absolute atomic E-state index is 0.279. The van der Waals surface area contributed by atoms with Crippen LogP contribution in [0.4, 0.5) is 15.9 Å². The second-order valence-electron chi connectivity index (χ2n) is 14.1. The lowest BCUT2D eigenvalue weighted by molar-refractivity contribution is -0.160. The third kappa shape index (κ3) is 6.15. The first-order valence-electron chi connectivity index (χ1n) is 17.1. The molecule has 2 aliphatic rings. The molecular weight excluding hydrogens is 635 g/mol. The average molecular weight is 679 g/mol. The smallest absolute Gasteiger partial charge is 0.337 e. The fourth-order valence-electron chi connectivity index (χ4n) is 7.35. The van der Waals surface area contributed by atoms with Crippen molar-refractivity contribution in [2.45, 2.75) is 59.2 Å². The Hall–Kier alpha value is -5.03. The predicted molar refractivity (Wildman–Crippen MR) is 193 cm³/mol. The molecule has 10 nitrogen and oxygen atoms in total. The highest BCUT2D eigenvalue weighted by Gasteiger charge is 2.34. The highest BCUT2D eigenvalue weighted by Crippen LogP contribution is 2.45. The average Bonchev–Trinajstić information content (AvgIpc) is 3.43. The molecule has 50 heavy (non-hydrogen) atoms. The summed E-state index contributed by atoms with van der Waals surface area (Å²) in [6.45, 7) is 13.1. The van der Waals surface area contributed by atoms with Gasteiger partial charge >= 0.3 is 5.97 Å². The number of carbonyl (C=O) groups is 1. The summed E-state index contributed by atoms with van der Waals surface area (Å²) >= 11 is 0. The van der Waals surface area contributed by atoms with Crippen LogP contribution >= 0.6 is 0 Å². The Balaban J connectivity index is 1.37. The van der Waals surface area contributed by atoms with Crippen LogP contribution in [0.15, 0.2) is 55.0 Å². The van der Waals surface area contributed by atoms with Gasteiger partial charge in [0.15, 0.2) is 17.7 Å². The zero-order valence-electron chi connectivity index (χ0n) is 29.5. The zero-order valence-corrected chi connectivity index (χ0v) is 29.5. The van der Waals surface area contributed by atoms with Crippen LogP contribution in [-0.2, 0) is 23.0 Å². The summed E-state index contributed by atoms with van der Waals surface area (Å²) in [6.07, 6.45) is 5.57. The standard InChI is InChI=1S/C39H43FN6O4/c1-23-27-8-7-19-49-35(27)30(40)21-28(23)34-29-22-31(44(6)37(29)43-24(2)33(34)36(38(47)48)50-39(3,4)5)25-9-14-42-32(20-25)46-17-15-45(16-18-46)26-10-12-41-13-11-26/h9-14,20-22,36H,7-8,15-19H2,1-6H3,(H,47,48)/t36-/m0/s1. The van der Waals surface area contributed by atoms with Gasteiger partial charge in [-0.3, -0.25) is 4.98 Å². The second kappa shape index (κ2) is 13.0. The van der Waals surface area contributed by atoms with Gasteiger partial charge in [0.05, 0.1) is 17.9 Å². The number of benzene rings is 1. The van der Waals surface area contributed by atoms with Crippen LogP contribution in [0.1, 0.15) is 55.7 Å². The monoisotopic (exact) mass is 678 g/mol. The fraction of sp³-hybridized carbons (Fsp3) is 0.385. The van der Waals surface area contributed by atoms with E-state index in [1.165, 1.54) is 6.07 Å². The van der Waals surface area contributed by atoms with Crippen LogP contribution < -0.4 is 14.5 Å². The normalized spacial score (nSPS) is 15.6. The predicted octanol–water partition coefficient (Wildman–Crippen LogP) is 7.05. The van der Waals surface area contributed by atoms with E-state index in [0.29, 0.717) is 41.1 Å². The Bertz CT molecular complexity index is 2080. The summed E-state index contributed by atoms with van der Waals surface area (Å²) < 4.78 is 29.8. The van der Waals surface area contributed by atoms with Crippen molar-refractivity contribution in [2.75, 3.05) is 42.6 Å². The summed E-state index contributed by atoms with van der Waals surface area (Å²) in [7, 11) is 1.95. The summed E-state index contributed by atoms with van der Waals surface area (Å²) in [5, 5.41) is 11.3. The maximum absolute atomic E-state index is 15.8. The number of ether oxygens (including phenoxy) is 2. The highest BCUT2D eigenvalue weighted by atomic mass is 19.1. The Labute approximate surface area is 291 Å². The molecule has 5 aromatic rings. The quantitative estimate of drug-likeness (QED) is 0.194. The number of carboxylic acid groups (broad SMARTS) is 1. The maximum atomic E-state index is 15.8. The van der Waals surface area contributed by atoms with E-state index in [1.807, 2.05) is 82.2 Å². The topological polar surface area (TPSA) is 106 Å². The third-order valence-electron chi connectivity index (χ3n) is 9.74. The zero-order chi connectivity index (χ0) is 35.3. The van der Waals surface area contributed by atoms with Crippen LogP contribution in [0.25, 0.3) is 33.4 Å². The van der Waals surface area contributed by atoms with Crippen molar-refractivity contribution in [3.05, 3.63) is 83.2 Å². The largest absolute Gasteiger partial charge is 0.490 e. The van der Waals surface area contributed by atoms with Gasteiger partial charge in [-0.25, -0.2) is 19.2 Å². The summed E-state index contributed by atoms with van der Waals surface area (Å²) in [6, 6.07) is 11.6. The first kappa shape index (κ1) is 33.5. The van der Waals surface area contributed by atoms with Crippen LogP contribution in [0.2, 0.25) is 0 Å². The van der Waals surface area contributed by atoms with Gasteiger partial charge in [0.2, 0.25) is 0 Å². The van der Waals surface area contributed by atoms with Crippen LogP contribution in [-0.4, -0.2) is 69.0 Å². The molecule has 1 atom stereocenters. The number of anilines is 2. The number of nitrogens with zero attached hydrogens (tertiary/aromatic N) is 6. The van der Waals surface area contributed by atoms with Crippen molar-refractivity contribution in [3.8, 4) is 28.1 Å². The fourth-order valence-corrected chi connectivity index (χ4v) is 7.35. The summed E-state index contributed by atoms with van der Waals surface area (Å²) in [5.41, 5.74) is 6.68. The first-order chi connectivity index (χ1) is 23.9. The molecule has 4 aromatic heterocycles. The van der Waals surface area contributed by atoms with E-state index in [9.17, 15) is 9.90 Å². The number of rotatable bonds is 7. The molecule has 7 rings (SSSR count). The van der Waals surface area contributed by atoms with Crippen molar-refractivity contribution < 1.29 is 23.8 Å². The number of aliphatic carboxylic acids is 1. The minimum atomic E-state index is -1.33. The molecule has 260 valence electrons. The molecule has 2 aliphatic heterocycles. The van der Waals surface area contributed by atoms with Gasteiger partial charge in [-0.2, -0.15) is 0 Å². The van der Waals surface area contributed by atoms with E-state index in [-0.39, 0.29) is 5.75 Å². The van der Waals surface area contributed by atoms with Gasteiger partial charge in [0.1, 0.15) is 11.5 Å². The second-order valence-corrected chi connectivity index (χ2v) is 14.1. The van der Waals surface area contributed by atoms with Crippen molar-refractivity contribution >= 4 is 28.5 Å². The van der Waals surface area contributed by atoms with Crippen LogP contribution in [0.3, 0.4) is 0 Å². The molecule has 11 heteroatoms. The number of piperazine rings is 1. The third-order valence-corrected chi connectivity index (χ3v) is 9.74. The number of hydrogen-bond donors (Lipinski definition) is 1. The number of carboxylic acids is 1. The molecule has 0 unspecified atom stereocenters. The van der Waals surface area contributed by atoms with E-state index in [2.05, 4.69) is 20.9 Å². The number of halogens is 1. The van der Waals surface area contributed by atoms with Gasteiger partial charge in [0.25, 0.3) is 0 Å². The van der Waals surface area contributed by atoms with Crippen LogP contribution in [0, 0.1) is 19.7 Å². The highest BCUT2D eigenvalue weighted by molar-refractivity contribution is 6.01. The van der Waals surface area contributed by atoms with Gasteiger partial charge in [-0.05, 0) is 95.0 Å². The van der Waals surface area contributed by atoms with E-state index in [1.54, 1.807) is 6.92 Å². The van der Waals surface area contributed by atoms with Gasteiger partial charge < -0.3 is 28.9 Å². The molecule has 0 aliphatic carbocycles. The molecule has 1 saturated heterocycles. The van der Waals surface area contributed by atoms with Crippen LogP contribution in [0.5, 0.6) is 5.75 Å². The van der Waals surface area contributed by atoms with E-state index in [0.717, 1.165) is 71.9 Å². The van der Waals surface area contributed by atoms with E-state index in [4.69, 9.17) is 19.4 Å². The van der Waals surface area contributed by atoms with Gasteiger partial charge in [-0.15, -0.1) is 0 Å². The molecule has 0 radical (unpaired) electrons. The number of fused-ring (bicyclic) bond motifs is 2. The van der Waals surface area contributed by atoms with Crippen molar-refractivity contribution in [3.63, 3.8) is 0 Å².